The van der Waals surface area contributed by atoms with Gasteiger partial charge in [-0.05, 0) is 48.1 Å². The van der Waals surface area contributed by atoms with Crippen LogP contribution in [0.3, 0.4) is 0 Å². The number of aliphatic hydroxyl groups excluding tert-OH is 1. The van der Waals surface area contributed by atoms with Gasteiger partial charge in [0.1, 0.15) is 5.82 Å². The number of pyridine rings is 1. The molecular formula is C25H25N3O3S2. The summed E-state index contributed by atoms with van der Waals surface area (Å²) in [6.07, 6.45) is 2.78. The Hall–Kier alpha value is -2.94. The van der Waals surface area contributed by atoms with Crippen LogP contribution in [0.1, 0.15) is 24.3 Å². The maximum atomic E-state index is 10.1. The maximum Gasteiger partial charge on any atom is 0.231 e. The molecule has 0 saturated carbocycles. The molecule has 0 amide bonds. The van der Waals surface area contributed by atoms with E-state index in [0.29, 0.717) is 11.7 Å². The Morgan fingerprint density at radius 2 is 1.97 bits per heavy atom. The fourth-order valence-electron chi connectivity index (χ4n) is 3.85. The largest absolute Gasteiger partial charge is 0.454 e. The molecule has 1 aromatic carbocycles. The van der Waals surface area contributed by atoms with Crippen molar-refractivity contribution in [3.63, 3.8) is 0 Å². The van der Waals surface area contributed by atoms with Gasteiger partial charge in [0.05, 0.1) is 12.3 Å². The molecule has 170 valence electrons. The van der Waals surface area contributed by atoms with Crippen molar-refractivity contribution >= 4 is 33.6 Å². The predicted octanol–water partition coefficient (Wildman–Crippen LogP) is 6.12. The van der Waals surface area contributed by atoms with Gasteiger partial charge in [-0.2, -0.15) is 0 Å². The quantitative estimate of drug-likeness (QED) is 0.344. The first-order valence-corrected chi connectivity index (χ1v) is 12.5. The number of fused-ring (bicyclic) bond motifs is 1. The molecule has 1 aliphatic rings. The van der Waals surface area contributed by atoms with Gasteiger partial charge >= 0.3 is 0 Å². The van der Waals surface area contributed by atoms with E-state index in [4.69, 9.17) is 19.4 Å². The first kappa shape index (κ1) is 21.9. The van der Waals surface area contributed by atoms with Crippen molar-refractivity contribution in [2.24, 2.45) is 5.92 Å². The summed E-state index contributed by atoms with van der Waals surface area (Å²) in [6, 6.07) is 12.0. The molecule has 4 heterocycles. The molecule has 8 heteroatoms. The number of aliphatic hydroxyl groups is 1. The molecule has 0 fully saturated rings. The van der Waals surface area contributed by atoms with E-state index in [9.17, 15) is 5.11 Å². The summed E-state index contributed by atoms with van der Waals surface area (Å²) in [4.78, 5) is 14.0. The van der Waals surface area contributed by atoms with Crippen LogP contribution in [0.15, 0.2) is 48.0 Å². The molecule has 6 nitrogen and oxygen atoms in total. The number of thiophene rings is 1. The zero-order valence-electron chi connectivity index (χ0n) is 18.7. The van der Waals surface area contributed by atoms with Crippen molar-refractivity contribution in [1.82, 2.24) is 9.97 Å². The van der Waals surface area contributed by atoms with Crippen LogP contribution in [0.4, 0.5) is 10.9 Å². The zero-order valence-corrected chi connectivity index (χ0v) is 20.4. The first-order chi connectivity index (χ1) is 16.0. The number of anilines is 2. The Kier molecular flexibility index (Phi) is 6.05. The average molecular weight is 480 g/mol. The molecule has 0 spiro atoms. The minimum atomic E-state index is -0.0921. The van der Waals surface area contributed by atoms with Gasteiger partial charge in [0.15, 0.2) is 16.6 Å². The van der Waals surface area contributed by atoms with E-state index in [-0.39, 0.29) is 13.4 Å². The van der Waals surface area contributed by atoms with Gasteiger partial charge in [-0.25, -0.2) is 9.97 Å². The third-order valence-corrected chi connectivity index (χ3v) is 7.52. The standard InChI is InChI=1S/C25H25N3O3S2/c1-15(2)9-22-23(16-6-7-19-20(11-16)31-14-30-19)27-25(33-22)28(3)24-18(13-29)10-17(12-26-24)21-5-4-8-32-21/h4-8,10-12,15,29H,9,13-14H2,1-3H3. The second kappa shape index (κ2) is 9.13. The molecule has 0 bridgehead atoms. The van der Waals surface area contributed by atoms with Crippen molar-refractivity contribution in [1.29, 1.82) is 0 Å². The lowest BCUT2D eigenvalue weighted by molar-refractivity contribution is 0.174. The minimum absolute atomic E-state index is 0.0921. The monoisotopic (exact) mass is 479 g/mol. The molecule has 0 saturated heterocycles. The predicted molar refractivity (Wildman–Crippen MR) is 134 cm³/mol. The molecule has 1 N–H and O–H groups in total. The van der Waals surface area contributed by atoms with Gasteiger partial charge in [-0.15, -0.1) is 22.7 Å². The van der Waals surface area contributed by atoms with E-state index in [1.54, 1.807) is 22.7 Å². The van der Waals surface area contributed by atoms with Gasteiger partial charge in [0.25, 0.3) is 0 Å². The number of hydrogen-bond acceptors (Lipinski definition) is 8. The second-order valence-corrected chi connectivity index (χ2v) is 10.3. The molecule has 5 rings (SSSR count). The van der Waals surface area contributed by atoms with Crippen LogP contribution >= 0.6 is 22.7 Å². The highest BCUT2D eigenvalue weighted by atomic mass is 32.1. The Balaban J connectivity index is 1.53. The van der Waals surface area contributed by atoms with Crippen molar-refractivity contribution in [2.45, 2.75) is 26.9 Å². The number of aromatic nitrogens is 2. The summed E-state index contributed by atoms with van der Waals surface area (Å²) < 4.78 is 11.1. The first-order valence-electron chi connectivity index (χ1n) is 10.8. The van der Waals surface area contributed by atoms with Gasteiger partial charge in [0.2, 0.25) is 6.79 Å². The summed E-state index contributed by atoms with van der Waals surface area (Å²) in [5, 5.41) is 13.0. The van der Waals surface area contributed by atoms with E-state index in [1.807, 2.05) is 53.9 Å². The topological polar surface area (TPSA) is 67.7 Å². The van der Waals surface area contributed by atoms with E-state index >= 15 is 0 Å². The van der Waals surface area contributed by atoms with Gasteiger partial charge < -0.3 is 19.5 Å². The summed E-state index contributed by atoms with van der Waals surface area (Å²) in [5.74, 6) is 2.71. The second-order valence-electron chi connectivity index (χ2n) is 8.34. The summed E-state index contributed by atoms with van der Waals surface area (Å²) in [5.41, 5.74) is 3.74. The number of hydrogen-bond donors (Lipinski definition) is 1. The highest BCUT2D eigenvalue weighted by molar-refractivity contribution is 7.16. The van der Waals surface area contributed by atoms with E-state index in [1.165, 1.54) is 4.88 Å². The SMILES string of the molecule is CC(C)Cc1sc(N(C)c2ncc(-c3cccs3)cc2CO)nc1-c1ccc2c(c1)OCO2. The smallest absolute Gasteiger partial charge is 0.231 e. The molecule has 0 radical (unpaired) electrons. The summed E-state index contributed by atoms with van der Waals surface area (Å²) in [7, 11) is 1.95. The molecule has 1 aliphatic heterocycles. The van der Waals surface area contributed by atoms with E-state index in [2.05, 4.69) is 19.9 Å². The average Bonchev–Trinajstić information content (AvgIpc) is 3.58. The van der Waals surface area contributed by atoms with Gasteiger partial charge in [-0.3, -0.25) is 0 Å². The lowest BCUT2D eigenvalue weighted by Gasteiger charge is -2.18. The van der Waals surface area contributed by atoms with Crippen molar-refractivity contribution < 1.29 is 14.6 Å². The Morgan fingerprint density at radius 3 is 2.73 bits per heavy atom. The highest BCUT2D eigenvalue weighted by Crippen LogP contribution is 2.41. The fourth-order valence-corrected chi connectivity index (χ4v) is 5.82. The van der Waals surface area contributed by atoms with Crippen molar-refractivity contribution in [2.75, 3.05) is 18.7 Å². The fraction of sp³-hybridized carbons (Fsp3) is 0.280. The van der Waals surface area contributed by atoms with E-state index < -0.39 is 0 Å². The molecular weight excluding hydrogens is 454 g/mol. The van der Waals surface area contributed by atoms with Crippen molar-refractivity contribution in [3.8, 4) is 33.2 Å². The van der Waals surface area contributed by atoms with Gasteiger partial charge in [-0.1, -0.05) is 19.9 Å². The van der Waals surface area contributed by atoms with Crippen LogP contribution in [-0.4, -0.2) is 28.9 Å². The molecule has 33 heavy (non-hydrogen) atoms. The third-order valence-electron chi connectivity index (χ3n) is 5.45. The minimum Gasteiger partial charge on any atom is -0.454 e. The lowest BCUT2D eigenvalue weighted by atomic mass is 10.0. The van der Waals surface area contributed by atoms with E-state index in [0.717, 1.165) is 50.3 Å². The van der Waals surface area contributed by atoms with Crippen LogP contribution < -0.4 is 14.4 Å². The number of nitrogens with zero attached hydrogens (tertiary/aromatic N) is 3. The molecule has 3 aromatic heterocycles. The number of thiazole rings is 1. The molecule has 0 aliphatic carbocycles. The number of rotatable bonds is 7. The zero-order chi connectivity index (χ0) is 22.9. The normalized spacial score (nSPS) is 12.5. The molecule has 0 atom stereocenters. The third kappa shape index (κ3) is 4.34. The summed E-state index contributed by atoms with van der Waals surface area (Å²) in [6.45, 7) is 4.58. The lowest BCUT2D eigenvalue weighted by Crippen LogP contribution is -2.13. The van der Waals surface area contributed by atoms with Crippen LogP contribution in [0, 0.1) is 5.92 Å². The van der Waals surface area contributed by atoms with Gasteiger partial charge in [0, 0.05) is 39.7 Å². The molecule has 4 aromatic rings. The summed E-state index contributed by atoms with van der Waals surface area (Å²) >= 11 is 3.32. The molecule has 0 unspecified atom stereocenters. The van der Waals surface area contributed by atoms with Crippen LogP contribution in [-0.2, 0) is 13.0 Å². The highest BCUT2D eigenvalue weighted by Gasteiger charge is 2.22. The Bertz CT molecular complexity index is 1270. The van der Waals surface area contributed by atoms with Crippen LogP contribution in [0.5, 0.6) is 11.5 Å². The number of benzene rings is 1. The Morgan fingerprint density at radius 1 is 1.12 bits per heavy atom. The van der Waals surface area contributed by atoms with Crippen LogP contribution in [0.2, 0.25) is 0 Å². The van der Waals surface area contributed by atoms with Crippen LogP contribution in [0.25, 0.3) is 21.7 Å². The Labute approximate surface area is 201 Å². The maximum absolute atomic E-state index is 10.1. The van der Waals surface area contributed by atoms with Crippen molar-refractivity contribution in [3.05, 3.63) is 58.4 Å². The number of ether oxygens (including phenoxy) is 2.